The summed E-state index contributed by atoms with van der Waals surface area (Å²) in [5, 5.41) is 4.03. The van der Waals surface area contributed by atoms with Crippen LogP contribution in [0.3, 0.4) is 0 Å². The Morgan fingerprint density at radius 1 is 0.950 bits per heavy atom. The Kier molecular flexibility index (Phi) is 8.76. The lowest BCUT2D eigenvalue weighted by atomic mass is 10.1. The Balaban J connectivity index is 1.99. The van der Waals surface area contributed by atoms with Gasteiger partial charge in [-0.25, -0.2) is 4.68 Å². The van der Waals surface area contributed by atoms with Crippen LogP contribution >= 0.6 is 0 Å². The Hall–Kier alpha value is -1.32. The first-order valence-electron chi connectivity index (χ1n) is 8.07. The summed E-state index contributed by atoms with van der Waals surface area (Å²) >= 11 is 0. The summed E-state index contributed by atoms with van der Waals surface area (Å²) in [5.41, 5.74) is 5.52. The van der Waals surface area contributed by atoms with E-state index in [1.165, 1.54) is 62.1 Å². The zero-order chi connectivity index (χ0) is 14.6. The molecule has 0 radical (unpaired) electrons. The van der Waals surface area contributed by atoms with Gasteiger partial charge in [0.15, 0.2) is 0 Å². The molecule has 2 N–H and O–H groups in total. The second-order valence-corrected chi connectivity index (χ2v) is 5.50. The molecule has 0 unspecified atom stereocenters. The second kappa shape index (κ2) is 10.5. The zero-order valence-corrected chi connectivity index (χ0v) is 12.8. The maximum atomic E-state index is 11.5. The van der Waals surface area contributed by atoms with Crippen LogP contribution < -0.4 is 11.3 Å². The summed E-state index contributed by atoms with van der Waals surface area (Å²) in [6.45, 7) is 2.93. The van der Waals surface area contributed by atoms with Gasteiger partial charge in [0, 0.05) is 12.6 Å². The van der Waals surface area contributed by atoms with Crippen LogP contribution in [0, 0.1) is 0 Å². The largest absolute Gasteiger partial charge is 0.382 e. The normalized spacial score (nSPS) is 10.8. The SMILES string of the molecule is CCCCCCCCCCCCn1nc(N)ccc1=O. The van der Waals surface area contributed by atoms with Gasteiger partial charge in [0.05, 0.1) is 0 Å². The van der Waals surface area contributed by atoms with Gasteiger partial charge in [-0.05, 0) is 12.5 Å². The third kappa shape index (κ3) is 7.31. The predicted molar refractivity (Wildman–Crippen MR) is 84.8 cm³/mol. The van der Waals surface area contributed by atoms with Crippen LogP contribution in [0.4, 0.5) is 5.82 Å². The number of anilines is 1. The van der Waals surface area contributed by atoms with E-state index in [0.717, 1.165) is 12.8 Å². The van der Waals surface area contributed by atoms with Crippen LogP contribution in [0.1, 0.15) is 71.1 Å². The average molecular weight is 279 g/mol. The third-order valence-electron chi connectivity index (χ3n) is 3.61. The van der Waals surface area contributed by atoms with E-state index >= 15 is 0 Å². The quantitative estimate of drug-likeness (QED) is 0.628. The van der Waals surface area contributed by atoms with E-state index in [0.29, 0.717) is 12.4 Å². The number of hydrogen-bond acceptors (Lipinski definition) is 3. The maximum absolute atomic E-state index is 11.5. The molecule has 4 heteroatoms. The third-order valence-corrected chi connectivity index (χ3v) is 3.61. The summed E-state index contributed by atoms with van der Waals surface area (Å²) in [4.78, 5) is 11.5. The Morgan fingerprint density at radius 3 is 2.10 bits per heavy atom. The number of nitrogen functional groups attached to an aromatic ring is 1. The summed E-state index contributed by atoms with van der Waals surface area (Å²) in [6.07, 6.45) is 12.9. The Bertz CT molecular complexity index is 414. The van der Waals surface area contributed by atoms with Gasteiger partial charge in [-0.3, -0.25) is 4.79 Å². The van der Waals surface area contributed by atoms with Gasteiger partial charge < -0.3 is 5.73 Å². The second-order valence-electron chi connectivity index (χ2n) is 5.50. The van der Waals surface area contributed by atoms with Gasteiger partial charge in [0.2, 0.25) is 0 Å². The van der Waals surface area contributed by atoms with Gasteiger partial charge in [-0.2, -0.15) is 5.10 Å². The lowest BCUT2D eigenvalue weighted by Gasteiger charge is -2.05. The fourth-order valence-electron chi connectivity index (χ4n) is 2.37. The van der Waals surface area contributed by atoms with Crippen molar-refractivity contribution in [1.82, 2.24) is 9.78 Å². The summed E-state index contributed by atoms with van der Waals surface area (Å²) in [7, 11) is 0. The van der Waals surface area contributed by atoms with Crippen molar-refractivity contribution in [1.29, 1.82) is 0 Å². The number of nitrogens with zero attached hydrogens (tertiary/aromatic N) is 2. The molecule has 0 saturated carbocycles. The van der Waals surface area contributed by atoms with Crippen LogP contribution in [-0.4, -0.2) is 9.78 Å². The van der Waals surface area contributed by atoms with Crippen LogP contribution in [-0.2, 0) is 6.54 Å². The number of nitrogens with two attached hydrogens (primary N) is 1. The first-order chi connectivity index (χ1) is 9.74. The van der Waals surface area contributed by atoms with E-state index in [-0.39, 0.29) is 5.56 Å². The lowest BCUT2D eigenvalue weighted by molar-refractivity contribution is 0.503. The minimum atomic E-state index is -0.0601. The van der Waals surface area contributed by atoms with Gasteiger partial charge >= 0.3 is 0 Å². The number of rotatable bonds is 11. The van der Waals surface area contributed by atoms with Gasteiger partial charge in [0.25, 0.3) is 5.56 Å². The van der Waals surface area contributed by atoms with Crippen molar-refractivity contribution in [2.75, 3.05) is 5.73 Å². The number of aromatic nitrogens is 2. The van der Waals surface area contributed by atoms with Crippen LogP contribution in [0.2, 0.25) is 0 Å². The van der Waals surface area contributed by atoms with Crippen LogP contribution in [0.15, 0.2) is 16.9 Å². The standard InChI is InChI=1S/C16H29N3O/c1-2-3-4-5-6-7-8-9-10-11-14-19-16(20)13-12-15(17)18-19/h12-13H,2-11,14H2,1H3,(H2,17,18). The Labute approximate surface area is 122 Å². The van der Waals surface area contributed by atoms with Crippen molar-refractivity contribution in [2.24, 2.45) is 0 Å². The van der Waals surface area contributed by atoms with E-state index in [1.54, 1.807) is 6.07 Å². The molecule has 1 rings (SSSR count). The molecule has 1 heterocycles. The number of aryl methyl sites for hydroxylation is 1. The van der Waals surface area contributed by atoms with E-state index in [4.69, 9.17) is 5.73 Å². The smallest absolute Gasteiger partial charge is 0.266 e. The zero-order valence-electron chi connectivity index (χ0n) is 12.8. The molecule has 0 fully saturated rings. The van der Waals surface area contributed by atoms with Crippen LogP contribution in [0.5, 0.6) is 0 Å². The molecule has 114 valence electrons. The number of hydrogen-bond donors (Lipinski definition) is 1. The monoisotopic (exact) mass is 279 g/mol. The molecule has 0 amide bonds. The van der Waals surface area contributed by atoms with E-state index in [1.807, 2.05) is 0 Å². The molecule has 20 heavy (non-hydrogen) atoms. The summed E-state index contributed by atoms with van der Waals surface area (Å²) < 4.78 is 1.47. The molecule has 0 atom stereocenters. The highest BCUT2D eigenvalue weighted by atomic mass is 16.1. The van der Waals surface area contributed by atoms with Crippen molar-refractivity contribution < 1.29 is 0 Å². The van der Waals surface area contributed by atoms with Crippen molar-refractivity contribution in [2.45, 2.75) is 77.7 Å². The lowest BCUT2D eigenvalue weighted by Crippen LogP contribution is -2.22. The minimum Gasteiger partial charge on any atom is -0.382 e. The molecule has 4 nitrogen and oxygen atoms in total. The van der Waals surface area contributed by atoms with E-state index < -0.39 is 0 Å². The molecule has 0 bridgehead atoms. The molecule has 0 aromatic carbocycles. The topological polar surface area (TPSA) is 60.9 Å². The molecular weight excluding hydrogens is 250 g/mol. The molecular formula is C16H29N3O. The molecule has 1 aromatic heterocycles. The highest BCUT2D eigenvalue weighted by molar-refractivity contribution is 5.23. The molecule has 0 aliphatic heterocycles. The summed E-state index contributed by atoms with van der Waals surface area (Å²) in [6, 6.07) is 3.04. The molecule has 0 spiro atoms. The first-order valence-corrected chi connectivity index (χ1v) is 8.07. The molecule has 0 aliphatic rings. The van der Waals surface area contributed by atoms with Crippen LogP contribution in [0.25, 0.3) is 0 Å². The minimum absolute atomic E-state index is 0.0601. The van der Waals surface area contributed by atoms with E-state index in [2.05, 4.69) is 12.0 Å². The van der Waals surface area contributed by atoms with Crippen molar-refractivity contribution >= 4 is 5.82 Å². The van der Waals surface area contributed by atoms with Gasteiger partial charge in [-0.1, -0.05) is 64.7 Å². The highest BCUT2D eigenvalue weighted by Gasteiger charge is 1.98. The predicted octanol–water partition coefficient (Wildman–Crippen LogP) is 3.75. The van der Waals surface area contributed by atoms with Crippen molar-refractivity contribution in [3.63, 3.8) is 0 Å². The first kappa shape index (κ1) is 16.7. The molecule has 0 aliphatic carbocycles. The fraction of sp³-hybridized carbons (Fsp3) is 0.750. The maximum Gasteiger partial charge on any atom is 0.266 e. The van der Waals surface area contributed by atoms with E-state index in [9.17, 15) is 4.79 Å². The summed E-state index contributed by atoms with van der Waals surface area (Å²) in [5.74, 6) is 0.414. The average Bonchev–Trinajstić information content (AvgIpc) is 2.44. The Morgan fingerprint density at radius 2 is 1.50 bits per heavy atom. The molecule has 1 aromatic rings. The van der Waals surface area contributed by atoms with Gasteiger partial charge in [0.1, 0.15) is 5.82 Å². The van der Waals surface area contributed by atoms with Crippen molar-refractivity contribution in [3.05, 3.63) is 22.5 Å². The number of unbranched alkanes of at least 4 members (excludes halogenated alkanes) is 9. The molecule has 0 saturated heterocycles. The fourth-order valence-corrected chi connectivity index (χ4v) is 2.37. The van der Waals surface area contributed by atoms with Crippen molar-refractivity contribution in [3.8, 4) is 0 Å². The van der Waals surface area contributed by atoms with Gasteiger partial charge in [-0.15, -0.1) is 0 Å². The highest BCUT2D eigenvalue weighted by Crippen LogP contribution is 2.10.